The van der Waals surface area contributed by atoms with Crippen molar-refractivity contribution in [1.82, 2.24) is 15.3 Å². The topological polar surface area (TPSA) is 41.0 Å². The zero-order chi connectivity index (χ0) is 13.3. The summed E-state index contributed by atoms with van der Waals surface area (Å²) in [5, 5.41) is 3.24. The molecule has 0 saturated carbocycles. The molecule has 100 valence electrons. The molecule has 1 N–H and O–H groups in total. The Labute approximate surface area is 103 Å². The standard InChI is InChI=1S/C11H15F3N4/c1-7-3-15-4-8(2)18(7)10-16-5-9(6-17-10)11(12,13)14/h5-8,15H,3-4H2,1-2H3/t7-,8+. The van der Waals surface area contributed by atoms with Crippen LogP contribution >= 0.6 is 0 Å². The number of aromatic nitrogens is 2. The molecule has 1 aliphatic rings. The van der Waals surface area contributed by atoms with Gasteiger partial charge >= 0.3 is 6.18 Å². The van der Waals surface area contributed by atoms with Crippen LogP contribution in [0.5, 0.6) is 0 Å². The summed E-state index contributed by atoms with van der Waals surface area (Å²) in [6.45, 7) is 5.52. The normalized spacial score (nSPS) is 25.3. The summed E-state index contributed by atoms with van der Waals surface area (Å²) in [7, 11) is 0. The molecule has 0 amide bonds. The molecule has 1 saturated heterocycles. The van der Waals surface area contributed by atoms with E-state index in [1.54, 1.807) is 0 Å². The maximum absolute atomic E-state index is 12.4. The summed E-state index contributed by atoms with van der Waals surface area (Å²) in [6, 6.07) is 0.316. The second-order valence-corrected chi connectivity index (χ2v) is 4.53. The molecule has 0 aromatic carbocycles. The monoisotopic (exact) mass is 260 g/mol. The van der Waals surface area contributed by atoms with Crippen LogP contribution in [0.4, 0.5) is 19.1 Å². The van der Waals surface area contributed by atoms with Gasteiger partial charge in [-0.15, -0.1) is 0 Å². The number of alkyl halides is 3. The van der Waals surface area contributed by atoms with Gasteiger partial charge in [-0.05, 0) is 13.8 Å². The van der Waals surface area contributed by atoms with Gasteiger partial charge in [-0.2, -0.15) is 13.2 Å². The van der Waals surface area contributed by atoms with Gasteiger partial charge in [0, 0.05) is 37.6 Å². The number of nitrogens with one attached hydrogen (secondary N) is 1. The van der Waals surface area contributed by atoms with E-state index in [9.17, 15) is 13.2 Å². The van der Waals surface area contributed by atoms with Crippen LogP contribution in [0.15, 0.2) is 12.4 Å². The Balaban J connectivity index is 2.23. The van der Waals surface area contributed by atoms with Crippen molar-refractivity contribution in [1.29, 1.82) is 0 Å². The van der Waals surface area contributed by atoms with E-state index in [4.69, 9.17) is 0 Å². The fourth-order valence-corrected chi connectivity index (χ4v) is 2.13. The van der Waals surface area contributed by atoms with Crippen molar-refractivity contribution < 1.29 is 13.2 Å². The Hall–Kier alpha value is -1.37. The van der Waals surface area contributed by atoms with Crippen LogP contribution in [-0.2, 0) is 6.18 Å². The minimum absolute atomic E-state index is 0.158. The molecule has 2 rings (SSSR count). The molecule has 0 unspecified atom stereocenters. The fraction of sp³-hybridized carbons (Fsp3) is 0.636. The molecule has 2 heterocycles. The van der Waals surface area contributed by atoms with E-state index in [1.807, 2.05) is 18.7 Å². The number of rotatable bonds is 1. The van der Waals surface area contributed by atoms with Crippen LogP contribution in [0.25, 0.3) is 0 Å². The lowest BCUT2D eigenvalue weighted by molar-refractivity contribution is -0.138. The molecule has 0 aliphatic carbocycles. The van der Waals surface area contributed by atoms with Crippen LogP contribution < -0.4 is 10.2 Å². The molecule has 2 atom stereocenters. The van der Waals surface area contributed by atoms with Crippen molar-refractivity contribution >= 4 is 5.95 Å². The average molecular weight is 260 g/mol. The molecular formula is C11H15F3N4. The summed E-state index contributed by atoms with van der Waals surface area (Å²) in [5.41, 5.74) is -0.818. The zero-order valence-electron chi connectivity index (χ0n) is 10.2. The Morgan fingerprint density at radius 1 is 1.17 bits per heavy atom. The molecule has 1 aromatic rings. The quantitative estimate of drug-likeness (QED) is 0.834. The SMILES string of the molecule is C[C@@H]1CNC[C@H](C)N1c1ncc(C(F)(F)F)cn1. The summed E-state index contributed by atoms with van der Waals surface area (Å²) in [6.07, 6.45) is -2.72. The fourth-order valence-electron chi connectivity index (χ4n) is 2.13. The predicted molar refractivity (Wildman–Crippen MR) is 61.3 cm³/mol. The van der Waals surface area contributed by atoms with E-state index in [0.717, 1.165) is 25.5 Å². The van der Waals surface area contributed by atoms with Crippen molar-refractivity contribution in [3.8, 4) is 0 Å². The number of hydrogen-bond acceptors (Lipinski definition) is 4. The number of halogens is 3. The lowest BCUT2D eigenvalue weighted by atomic mass is 10.1. The predicted octanol–water partition coefficient (Wildman–Crippen LogP) is 1.68. The first-order valence-electron chi connectivity index (χ1n) is 5.78. The highest BCUT2D eigenvalue weighted by atomic mass is 19.4. The largest absolute Gasteiger partial charge is 0.419 e. The van der Waals surface area contributed by atoms with Gasteiger partial charge in [0.05, 0.1) is 5.56 Å². The molecule has 4 nitrogen and oxygen atoms in total. The third-order valence-electron chi connectivity index (χ3n) is 3.03. The summed E-state index contributed by atoms with van der Waals surface area (Å²) < 4.78 is 37.2. The number of anilines is 1. The van der Waals surface area contributed by atoms with Crippen LogP contribution in [0.3, 0.4) is 0 Å². The van der Waals surface area contributed by atoms with Crippen molar-refractivity contribution in [3.05, 3.63) is 18.0 Å². The highest BCUT2D eigenvalue weighted by Gasteiger charge is 2.32. The highest BCUT2D eigenvalue weighted by Crippen LogP contribution is 2.28. The van der Waals surface area contributed by atoms with Gasteiger partial charge in [0.15, 0.2) is 0 Å². The van der Waals surface area contributed by atoms with Gasteiger partial charge in [0.2, 0.25) is 5.95 Å². The van der Waals surface area contributed by atoms with Gasteiger partial charge in [-0.1, -0.05) is 0 Å². The average Bonchev–Trinajstić information content (AvgIpc) is 2.28. The van der Waals surface area contributed by atoms with Crippen LogP contribution in [-0.4, -0.2) is 35.1 Å². The molecule has 1 fully saturated rings. The van der Waals surface area contributed by atoms with Gasteiger partial charge < -0.3 is 10.2 Å². The summed E-state index contributed by atoms with van der Waals surface area (Å²) in [5.74, 6) is 0.351. The van der Waals surface area contributed by atoms with Crippen molar-refractivity contribution in [2.75, 3.05) is 18.0 Å². The van der Waals surface area contributed by atoms with Gasteiger partial charge in [-0.25, -0.2) is 9.97 Å². The van der Waals surface area contributed by atoms with E-state index >= 15 is 0 Å². The Morgan fingerprint density at radius 2 is 1.67 bits per heavy atom. The molecule has 0 radical (unpaired) electrons. The van der Waals surface area contributed by atoms with Crippen molar-refractivity contribution in [3.63, 3.8) is 0 Å². The smallest absolute Gasteiger partial charge is 0.333 e. The maximum Gasteiger partial charge on any atom is 0.419 e. The Kier molecular flexibility index (Phi) is 3.43. The van der Waals surface area contributed by atoms with E-state index in [0.29, 0.717) is 5.95 Å². The molecule has 7 heteroatoms. The van der Waals surface area contributed by atoms with Gasteiger partial charge in [0.1, 0.15) is 0 Å². The van der Waals surface area contributed by atoms with Gasteiger partial charge in [0.25, 0.3) is 0 Å². The van der Waals surface area contributed by atoms with E-state index in [2.05, 4.69) is 15.3 Å². The maximum atomic E-state index is 12.4. The molecule has 1 aliphatic heterocycles. The van der Waals surface area contributed by atoms with Crippen LogP contribution in [0.2, 0.25) is 0 Å². The zero-order valence-corrected chi connectivity index (χ0v) is 10.2. The lowest BCUT2D eigenvalue weighted by Crippen LogP contribution is -2.55. The second-order valence-electron chi connectivity index (χ2n) is 4.53. The van der Waals surface area contributed by atoms with Gasteiger partial charge in [-0.3, -0.25) is 0 Å². The van der Waals surface area contributed by atoms with Crippen molar-refractivity contribution in [2.45, 2.75) is 32.1 Å². The Morgan fingerprint density at radius 3 is 2.11 bits per heavy atom. The molecular weight excluding hydrogens is 245 g/mol. The van der Waals surface area contributed by atoms with Crippen molar-refractivity contribution in [2.24, 2.45) is 0 Å². The first-order valence-corrected chi connectivity index (χ1v) is 5.78. The number of piperazine rings is 1. The highest BCUT2D eigenvalue weighted by molar-refractivity contribution is 5.35. The molecule has 18 heavy (non-hydrogen) atoms. The van der Waals surface area contributed by atoms with Crippen LogP contribution in [0.1, 0.15) is 19.4 Å². The summed E-state index contributed by atoms with van der Waals surface area (Å²) >= 11 is 0. The number of hydrogen-bond donors (Lipinski definition) is 1. The minimum atomic E-state index is -4.39. The third-order valence-corrected chi connectivity index (χ3v) is 3.03. The Bertz CT molecular complexity index is 394. The molecule has 0 bridgehead atoms. The van der Waals surface area contributed by atoms with Crippen LogP contribution in [0, 0.1) is 0 Å². The lowest BCUT2D eigenvalue weighted by Gasteiger charge is -2.39. The van der Waals surface area contributed by atoms with E-state index < -0.39 is 11.7 Å². The second kappa shape index (κ2) is 4.72. The van der Waals surface area contributed by atoms with E-state index in [1.165, 1.54) is 0 Å². The summed E-state index contributed by atoms with van der Waals surface area (Å²) in [4.78, 5) is 9.61. The minimum Gasteiger partial charge on any atom is -0.333 e. The van der Waals surface area contributed by atoms with E-state index in [-0.39, 0.29) is 12.1 Å². The third kappa shape index (κ3) is 2.55. The first kappa shape index (κ1) is 13.1. The molecule has 1 aromatic heterocycles. The number of nitrogens with zero attached hydrogens (tertiary/aromatic N) is 3. The first-order chi connectivity index (χ1) is 8.39. The molecule has 0 spiro atoms.